The maximum absolute atomic E-state index is 11.3. The van der Waals surface area contributed by atoms with E-state index in [2.05, 4.69) is 24.3 Å². The molecule has 0 aliphatic heterocycles. The molecule has 0 radical (unpaired) electrons. The third-order valence-electron chi connectivity index (χ3n) is 2.60. The van der Waals surface area contributed by atoms with Crippen LogP contribution in [0, 0.1) is 5.92 Å². The first kappa shape index (κ1) is 14.6. The number of amides is 1. The van der Waals surface area contributed by atoms with Crippen molar-refractivity contribution in [3.8, 4) is 0 Å². The van der Waals surface area contributed by atoms with E-state index in [1.54, 1.807) is 12.1 Å². The summed E-state index contributed by atoms with van der Waals surface area (Å²) in [6.45, 7) is 5.45. The largest absolute Gasteiger partial charge is 0.375 e. The Morgan fingerprint density at radius 3 is 3.00 bits per heavy atom. The van der Waals surface area contributed by atoms with Gasteiger partial charge in [-0.3, -0.25) is 10.2 Å². The number of nitrogens with two attached hydrogens (primary N) is 1. The van der Waals surface area contributed by atoms with E-state index in [0.29, 0.717) is 24.8 Å². The summed E-state index contributed by atoms with van der Waals surface area (Å²) < 4.78 is 5.58. The van der Waals surface area contributed by atoms with E-state index in [0.717, 1.165) is 18.5 Å². The standard InChI is InChI=1S/C13H21N3O2/c1-3-5-10(2)8-18-9-11-6-4-7-12(15-11)13(17)16-14/h4,6-7,10H,3,5,8-9,14H2,1-2H3,(H,16,17). The molecule has 0 aliphatic carbocycles. The predicted octanol–water partition coefficient (Wildman–Crippen LogP) is 1.64. The highest BCUT2D eigenvalue weighted by Crippen LogP contribution is 2.07. The highest BCUT2D eigenvalue weighted by molar-refractivity contribution is 5.91. The van der Waals surface area contributed by atoms with Crippen LogP contribution in [0.3, 0.4) is 0 Å². The van der Waals surface area contributed by atoms with Crippen LogP contribution in [0.2, 0.25) is 0 Å². The summed E-state index contributed by atoms with van der Waals surface area (Å²) in [5.74, 6) is 5.21. The van der Waals surface area contributed by atoms with Gasteiger partial charge in [0, 0.05) is 6.61 Å². The summed E-state index contributed by atoms with van der Waals surface area (Å²) >= 11 is 0. The highest BCUT2D eigenvalue weighted by atomic mass is 16.5. The smallest absolute Gasteiger partial charge is 0.283 e. The topological polar surface area (TPSA) is 77.2 Å². The lowest BCUT2D eigenvalue weighted by atomic mass is 10.1. The van der Waals surface area contributed by atoms with E-state index < -0.39 is 5.91 Å². The fourth-order valence-electron chi connectivity index (χ4n) is 1.70. The molecule has 1 unspecified atom stereocenters. The number of rotatable bonds is 7. The van der Waals surface area contributed by atoms with Gasteiger partial charge >= 0.3 is 0 Å². The quantitative estimate of drug-likeness (QED) is 0.439. The monoisotopic (exact) mass is 251 g/mol. The lowest BCUT2D eigenvalue weighted by molar-refractivity contribution is 0.0864. The van der Waals surface area contributed by atoms with Crippen molar-refractivity contribution in [1.29, 1.82) is 0 Å². The molecule has 18 heavy (non-hydrogen) atoms. The molecule has 5 heteroatoms. The highest BCUT2D eigenvalue weighted by Gasteiger charge is 2.06. The lowest BCUT2D eigenvalue weighted by Gasteiger charge is -2.10. The summed E-state index contributed by atoms with van der Waals surface area (Å²) in [4.78, 5) is 15.5. The lowest BCUT2D eigenvalue weighted by Crippen LogP contribution is -2.30. The molecule has 0 aromatic carbocycles. The number of carbonyl (C=O) groups is 1. The van der Waals surface area contributed by atoms with Crippen molar-refractivity contribution in [3.63, 3.8) is 0 Å². The van der Waals surface area contributed by atoms with Gasteiger partial charge < -0.3 is 4.74 Å². The van der Waals surface area contributed by atoms with Crippen molar-refractivity contribution >= 4 is 5.91 Å². The molecule has 100 valence electrons. The number of ether oxygens (including phenoxy) is 1. The molecule has 1 rings (SSSR count). The summed E-state index contributed by atoms with van der Waals surface area (Å²) in [5, 5.41) is 0. The third-order valence-corrected chi connectivity index (χ3v) is 2.60. The van der Waals surface area contributed by atoms with Crippen molar-refractivity contribution in [1.82, 2.24) is 10.4 Å². The number of nitrogens with zero attached hydrogens (tertiary/aromatic N) is 1. The van der Waals surface area contributed by atoms with E-state index in [-0.39, 0.29) is 0 Å². The zero-order valence-corrected chi connectivity index (χ0v) is 11.0. The third kappa shape index (κ3) is 4.81. The van der Waals surface area contributed by atoms with Crippen LogP contribution in [0.25, 0.3) is 0 Å². The first-order valence-electron chi connectivity index (χ1n) is 6.22. The zero-order chi connectivity index (χ0) is 13.4. The van der Waals surface area contributed by atoms with Gasteiger partial charge in [-0.15, -0.1) is 0 Å². The summed E-state index contributed by atoms with van der Waals surface area (Å²) in [5.41, 5.74) is 3.10. The molecule has 1 atom stereocenters. The Kier molecular flexibility index (Phi) is 6.32. The van der Waals surface area contributed by atoms with Crippen molar-refractivity contribution in [3.05, 3.63) is 29.6 Å². The zero-order valence-electron chi connectivity index (χ0n) is 11.0. The molecule has 0 saturated heterocycles. The number of hydrogen-bond acceptors (Lipinski definition) is 4. The minimum atomic E-state index is -0.392. The number of aromatic nitrogens is 1. The van der Waals surface area contributed by atoms with Crippen molar-refractivity contribution in [2.75, 3.05) is 6.61 Å². The number of hydrazine groups is 1. The Bertz CT molecular complexity index is 382. The van der Waals surface area contributed by atoms with Crippen LogP contribution < -0.4 is 11.3 Å². The predicted molar refractivity (Wildman–Crippen MR) is 69.6 cm³/mol. The molecule has 1 amide bonds. The average Bonchev–Trinajstić information content (AvgIpc) is 2.38. The molecule has 0 saturated carbocycles. The molecule has 5 nitrogen and oxygen atoms in total. The minimum Gasteiger partial charge on any atom is -0.375 e. The van der Waals surface area contributed by atoms with Crippen LogP contribution >= 0.6 is 0 Å². The Morgan fingerprint density at radius 1 is 1.56 bits per heavy atom. The molecule has 1 aromatic heterocycles. The molecular formula is C13H21N3O2. The van der Waals surface area contributed by atoms with Crippen LogP contribution in [0.5, 0.6) is 0 Å². The maximum atomic E-state index is 11.3. The van der Waals surface area contributed by atoms with E-state index in [9.17, 15) is 4.79 Å². The Labute approximate surface area is 108 Å². The second kappa shape index (κ2) is 7.79. The second-order valence-corrected chi connectivity index (χ2v) is 4.40. The summed E-state index contributed by atoms with van der Waals surface area (Å²) in [7, 11) is 0. The fourth-order valence-corrected chi connectivity index (χ4v) is 1.70. The summed E-state index contributed by atoms with van der Waals surface area (Å²) in [6.07, 6.45) is 2.32. The SMILES string of the molecule is CCCC(C)COCc1cccc(C(=O)NN)n1. The van der Waals surface area contributed by atoms with Crippen molar-refractivity contribution in [2.24, 2.45) is 11.8 Å². The summed E-state index contributed by atoms with van der Waals surface area (Å²) in [6, 6.07) is 5.22. The van der Waals surface area contributed by atoms with Crippen molar-refractivity contribution < 1.29 is 9.53 Å². The Hall–Kier alpha value is -1.46. The normalized spacial score (nSPS) is 12.2. The molecule has 1 aromatic rings. The van der Waals surface area contributed by atoms with Gasteiger partial charge in [0.05, 0.1) is 12.3 Å². The van der Waals surface area contributed by atoms with Gasteiger partial charge in [0.1, 0.15) is 5.69 Å². The van der Waals surface area contributed by atoms with E-state index in [4.69, 9.17) is 10.6 Å². The van der Waals surface area contributed by atoms with Crippen LogP contribution in [-0.4, -0.2) is 17.5 Å². The van der Waals surface area contributed by atoms with Crippen molar-refractivity contribution in [2.45, 2.75) is 33.3 Å². The number of pyridine rings is 1. The number of hydrogen-bond donors (Lipinski definition) is 2. The fraction of sp³-hybridized carbons (Fsp3) is 0.538. The van der Waals surface area contributed by atoms with Gasteiger partial charge in [-0.2, -0.15) is 0 Å². The van der Waals surface area contributed by atoms with Gasteiger partial charge in [-0.1, -0.05) is 26.3 Å². The van der Waals surface area contributed by atoms with Crippen LogP contribution in [0.1, 0.15) is 42.9 Å². The van der Waals surface area contributed by atoms with Gasteiger partial charge in [0.15, 0.2) is 0 Å². The molecular weight excluding hydrogens is 230 g/mol. The number of carbonyl (C=O) groups excluding carboxylic acids is 1. The van der Waals surface area contributed by atoms with Crippen LogP contribution in [-0.2, 0) is 11.3 Å². The molecule has 3 N–H and O–H groups in total. The molecule has 0 fully saturated rings. The maximum Gasteiger partial charge on any atom is 0.283 e. The van der Waals surface area contributed by atoms with Crippen LogP contribution in [0.4, 0.5) is 0 Å². The van der Waals surface area contributed by atoms with Gasteiger partial charge in [-0.05, 0) is 24.5 Å². The average molecular weight is 251 g/mol. The molecule has 0 spiro atoms. The van der Waals surface area contributed by atoms with Gasteiger partial charge in [0.2, 0.25) is 0 Å². The first-order valence-corrected chi connectivity index (χ1v) is 6.22. The Morgan fingerprint density at radius 2 is 2.33 bits per heavy atom. The van der Waals surface area contributed by atoms with E-state index in [1.165, 1.54) is 0 Å². The van der Waals surface area contributed by atoms with E-state index in [1.807, 2.05) is 6.07 Å². The van der Waals surface area contributed by atoms with E-state index >= 15 is 0 Å². The molecule has 0 aliphatic rings. The number of nitrogens with one attached hydrogen (secondary N) is 1. The Balaban J connectivity index is 2.45. The van der Waals surface area contributed by atoms with Gasteiger partial charge in [-0.25, -0.2) is 10.8 Å². The molecule has 0 bridgehead atoms. The first-order chi connectivity index (χ1) is 8.67. The van der Waals surface area contributed by atoms with Gasteiger partial charge in [0.25, 0.3) is 5.91 Å². The molecule has 1 heterocycles. The number of nitrogen functional groups attached to an aromatic ring is 1. The second-order valence-electron chi connectivity index (χ2n) is 4.40. The van der Waals surface area contributed by atoms with Crippen LogP contribution in [0.15, 0.2) is 18.2 Å². The minimum absolute atomic E-state index is 0.306.